The quantitative estimate of drug-likeness (QED) is 0.255. The van der Waals surface area contributed by atoms with E-state index in [1.165, 1.54) is 6.42 Å². The van der Waals surface area contributed by atoms with Crippen molar-refractivity contribution in [3.8, 4) is 0 Å². The fourth-order valence-electron chi connectivity index (χ4n) is 9.06. The lowest BCUT2D eigenvalue weighted by atomic mass is 9.76. The molecule has 4 fully saturated rings. The Morgan fingerprint density at radius 2 is 1.71 bits per heavy atom. The summed E-state index contributed by atoms with van der Waals surface area (Å²) in [7, 11) is 1.82. The van der Waals surface area contributed by atoms with Crippen molar-refractivity contribution in [2.45, 2.75) is 122 Å². The van der Waals surface area contributed by atoms with Gasteiger partial charge in [-0.3, -0.25) is 9.59 Å². The smallest absolute Gasteiger partial charge is 0.407 e. The zero-order valence-electron chi connectivity index (χ0n) is 31.3. The molecule has 12 heteroatoms. The molecular weight excluding hydrogens is 667 g/mol. The highest BCUT2D eigenvalue weighted by molar-refractivity contribution is 6.01. The van der Waals surface area contributed by atoms with E-state index in [1.807, 2.05) is 30.1 Å². The van der Waals surface area contributed by atoms with Gasteiger partial charge in [0.2, 0.25) is 11.8 Å². The number of ether oxygens (including phenoxy) is 3. The third-order valence-corrected chi connectivity index (χ3v) is 11.8. The maximum atomic E-state index is 14.3. The van der Waals surface area contributed by atoms with Crippen molar-refractivity contribution in [3.63, 3.8) is 0 Å². The van der Waals surface area contributed by atoms with E-state index in [2.05, 4.69) is 10.6 Å². The number of nitrogens with one attached hydrogen (secondary N) is 2. The maximum Gasteiger partial charge on any atom is 0.407 e. The Balaban J connectivity index is 1.13. The molecule has 2 aliphatic heterocycles. The monoisotopic (exact) mass is 724 g/mol. The van der Waals surface area contributed by atoms with Gasteiger partial charge in [0.05, 0.1) is 12.1 Å². The van der Waals surface area contributed by atoms with E-state index in [1.54, 1.807) is 31.4 Å². The lowest BCUT2D eigenvalue weighted by Gasteiger charge is -2.37. The normalized spacial score (nSPS) is 26.2. The Morgan fingerprint density at radius 3 is 2.38 bits per heavy atom. The van der Waals surface area contributed by atoms with E-state index >= 15 is 0 Å². The Kier molecular flexibility index (Phi) is 12.1. The molecule has 2 aromatic rings. The molecular formula is C40H57FN4O7. The van der Waals surface area contributed by atoms with Gasteiger partial charge in [-0.25, -0.2) is 14.0 Å². The summed E-state index contributed by atoms with van der Waals surface area (Å²) in [4.78, 5) is 55.6. The number of aromatic nitrogens is 1. The number of anilines is 1. The molecule has 11 nitrogen and oxygen atoms in total. The summed E-state index contributed by atoms with van der Waals surface area (Å²) in [6.07, 6.45) is 9.96. The summed E-state index contributed by atoms with van der Waals surface area (Å²) < 4.78 is 32.4. The molecule has 3 heterocycles. The molecule has 2 aliphatic carbocycles. The molecule has 0 radical (unpaired) electrons. The predicted molar refractivity (Wildman–Crippen MR) is 196 cm³/mol. The number of carbonyl (C=O) groups excluding carboxylic acids is 4. The van der Waals surface area contributed by atoms with E-state index in [0.717, 1.165) is 55.8 Å². The highest BCUT2D eigenvalue weighted by Crippen LogP contribution is 2.41. The number of carbonyl (C=O) groups is 4. The molecule has 3 unspecified atom stereocenters. The van der Waals surface area contributed by atoms with Crippen molar-refractivity contribution in [1.82, 2.24) is 14.8 Å². The first-order valence-corrected chi connectivity index (χ1v) is 19.5. The number of alkyl halides is 1. The van der Waals surface area contributed by atoms with Crippen molar-refractivity contribution in [2.24, 2.45) is 30.7 Å². The number of hydrogen-bond donors (Lipinski definition) is 2. The number of fused-ring (bicyclic) bond motifs is 1. The molecule has 1 aromatic heterocycles. The number of rotatable bonds is 10. The van der Waals surface area contributed by atoms with Crippen LogP contribution in [0.25, 0.3) is 10.9 Å². The Labute approximate surface area is 306 Å². The van der Waals surface area contributed by atoms with Crippen molar-refractivity contribution in [2.75, 3.05) is 31.7 Å². The maximum absolute atomic E-state index is 14.3. The zero-order chi connectivity index (χ0) is 37.0. The molecule has 0 spiro atoms. The molecule has 2 saturated carbocycles. The van der Waals surface area contributed by atoms with E-state index < -0.39 is 36.4 Å². The van der Waals surface area contributed by atoms with Gasteiger partial charge in [0, 0.05) is 42.7 Å². The molecule has 0 bridgehead atoms. The molecule has 2 N–H and O–H groups in total. The largest absolute Gasteiger partial charge is 0.458 e. The van der Waals surface area contributed by atoms with Gasteiger partial charge in [-0.2, -0.15) is 0 Å². The zero-order valence-corrected chi connectivity index (χ0v) is 31.3. The number of halogens is 1. The molecule has 4 aliphatic rings. The topological polar surface area (TPSA) is 128 Å². The average Bonchev–Trinajstić information content (AvgIpc) is 3.88. The minimum atomic E-state index is -0.698. The number of aryl methyl sites for hydroxylation is 1. The van der Waals surface area contributed by atoms with Crippen LogP contribution in [-0.2, 0) is 30.8 Å². The second-order valence-corrected chi connectivity index (χ2v) is 16.4. The summed E-state index contributed by atoms with van der Waals surface area (Å²) >= 11 is 0. The third-order valence-electron chi connectivity index (χ3n) is 11.8. The summed E-state index contributed by atoms with van der Waals surface area (Å²) in [6, 6.07) is 6.14. The fourth-order valence-corrected chi connectivity index (χ4v) is 9.06. The number of alkyl carbamates (subject to hydrolysis) is 1. The minimum Gasteiger partial charge on any atom is -0.458 e. The Hall–Kier alpha value is -3.67. The van der Waals surface area contributed by atoms with Gasteiger partial charge in [-0.15, -0.1) is 0 Å². The lowest BCUT2D eigenvalue weighted by molar-refractivity contribution is -0.142. The molecule has 4 atom stereocenters. The minimum absolute atomic E-state index is 0.00141. The van der Waals surface area contributed by atoms with E-state index in [-0.39, 0.29) is 42.3 Å². The van der Waals surface area contributed by atoms with Crippen molar-refractivity contribution in [3.05, 3.63) is 30.0 Å². The second kappa shape index (κ2) is 16.6. The SMILES string of the molecule is Cn1c(C(=O)OCC2CCCO2)cc2cc(NC(=O)C3[C@H](C4CCCCC4)CCN3C(=O)C3CCC(C(CF)NC(=O)OC(C)(C)C)CC3)ccc21. The summed E-state index contributed by atoms with van der Waals surface area (Å²) in [5, 5.41) is 6.65. The molecule has 3 amide bonds. The van der Waals surface area contributed by atoms with Crippen LogP contribution in [0.5, 0.6) is 0 Å². The van der Waals surface area contributed by atoms with Gasteiger partial charge in [0.1, 0.15) is 30.6 Å². The summed E-state index contributed by atoms with van der Waals surface area (Å²) in [6.45, 7) is 6.07. The van der Waals surface area contributed by atoms with Gasteiger partial charge in [0.25, 0.3) is 0 Å². The molecule has 2 saturated heterocycles. The average molecular weight is 725 g/mol. The van der Waals surface area contributed by atoms with E-state index in [4.69, 9.17) is 14.2 Å². The van der Waals surface area contributed by atoms with Crippen LogP contribution in [0.1, 0.15) is 108 Å². The molecule has 1 aromatic carbocycles. The molecule has 52 heavy (non-hydrogen) atoms. The van der Waals surface area contributed by atoms with Gasteiger partial charge >= 0.3 is 12.1 Å². The van der Waals surface area contributed by atoms with Crippen LogP contribution < -0.4 is 10.6 Å². The van der Waals surface area contributed by atoms with Gasteiger partial charge in [-0.05, 0) is 108 Å². The van der Waals surface area contributed by atoms with Crippen molar-refractivity contribution in [1.29, 1.82) is 0 Å². The van der Waals surface area contributed by atoms with Crippen LogP contribution in [-0.4, -0.2) is 83.6 Å². The van der Waals surface area contributed by atoms with Crippen LogP contribution >= 0.6 is 0 Å². The Morgan fingerprint density at radius 1 is 0.962 bits per heavy atom. The first-order valence-electron chi connectivity index (χ1n) is 19.5. The first-order chi connectivity index (χ1) is 24.9. The number of esters is 1. The number of benzene rings is 1. The Bertz CT molecular complexity index is 1580. The molecule has 286 valence electrons. The van der Waals surface area contributed by atoms with Gasteiger partial charge in [0.15, 0.2) is 0 Å². The van der Waals surface area contributed by atoms with Gasteiger partial charge in [-0.1, -0.05) is 32.1 Å². The molecule has 6 rings (SSSR count). The number of nitrogens with zero attached hydrogens (tertiary/aromatic N) is 2. The van der Waals surface area contributed by atoms with Crippen molar-refractivity contribution < 1.29 is 37.8 Å². The highest BCUT2D eigenvalue weighted by atomic mass is 19.1. The highest BCUT2D eigenvalue weighted by Gasteiger charge is 2.47. The van der Waals surface area contributed by atoms with Crippen LogP contribution in [0.4, 0.5) is 14.9 Å². The number of hydrogen-bond acceptors (Lipinski definition) is 7. The van der Waals surface area contributed by atoms with Crippen LogP contribution in [0.15, 0.2) is 24.3 Å². The second-order valence-electron chi connectivity index (χ2n) is 16.4. The fraction of sp³-hybridized carbons (Fsp3) is 0.700. The first kappa shape index (κ1) is 38.1. The predicted octanol–water partition coefficient (Wildman–Crippen LogP) is 6.92. The van der Waals surface area contributed by atoms with E-state index in [9.17, 15) is 23.6 Å². The summed E-state index contributed by atoms with van der Waals surface area (Å²) in [5.41, 5.74) is 1.20. The van der Waals surface area contributed by atoms with E-state index in [0.29, 0.717) is 56.1 Å². The third kappa shape index (κ3) is 8.92. The lowest BCUT2D eigenvalue weighted by Crippen LogP contribution is -2.50. The number of amides is 3. The van der Waals surface area contributed by atoms with Crippen molar-refractivity contribution >= 4 is 40.5 Å². The van der Waals surface area contributed by atoms with Crippen LogP contribution in [0.2, 0.25) is 0 Å². The standard InChI is InChI=1S/C40H57FN4O7/c1-40(2,3)52-39(49)43-32(23-41)26-12-14-27(15-13-26)37(47)45-19-18-31(25-9-6-5-7-10-25)35(45)36(46)42-29-16-17-33-28(21-29)22-34(44(33)4)38(48)51-24-30-11-8-20-50-30/h16-17,21-22,25-27,30-32,35H,5-15,18-20,23-24H2,1-4H3,(H,42,46)(H,43,49)/t26?,27?,30?,31-,32?,35?/m0/s1. The van der Waals surface area contributed by atoms with Gasteiger partial charge < -0.3 is 34.3 Å². The summed E-state index contributed by atoms with van der Waals surface area (Å²) in [5.74, 6) is -0.464. The van der Waals surface area contributed by atoms with Crippen LogP contribution in [0.3, 0.4) is 0 Å². The van der Waals surface area contributed by atoms with Crippen LogP contribution in [0, 0.1) is 23.7 Å². The number of likely N-dealkylation sites (tertiary alicyclic amines) is 1.